The van der Waals surface area contributed by atoms with E-state index in [1.807, 2.05) is 41.8 Å². The van der Waals surface area contributed by atoms with Gasteiger partial charge in [0.05, 0.1) is 22.6 Å². The van der Waals surface area contributed by atoms with Gasteiger partial charge < -0.3 is 10.1 Å². The molecule has 4 aromatic rings. The van der Waals surface area contributed by atoms with E-state index in [4.69, 9.17) is 16.3 Å². The summed E-state index contributed by atoms with van der Waals surface area (Å²) in [5, 5.41) is 9.72. The fourth-order valence-corrected chi connectivity index (χ4v) is 4.82. The zero-order valence-electron chi connectivity index (χ0n) is 17.4. The molecular weight excluding hydrogens is 442 g/mol. The second kappa shape index (κ2) is 9.18. The van der Waals surface area contributed by atoms with Crippen molar-refractivity contribution in [1.82, 2.24) is 9.78 Å². The number of thiophene rings is 1. The van der Waals surface area contributed by atoms with Gasteiger partial charge in [-0.2, -0.15) is 5.10 Å². The Labute approximate surface area is 195 Å². The quantitative estimate of drug-likeness (QED) is 0.367. The van der Waals surface area contributed by atoms with Gasteiger partial charge in [0.2, 0.25) is 0 Å². The summed E-state index contributed by atoms with van der Waals surface area (Å²) in [6.07, 6.45) is 6.92. The molecular formula is C25H22ClN3O2S. The second-order valence-corrected chi connectivity index (χ2v) is 9.25. The average Bonchev–Trinajstić information content (AvgIpc) is 3.54. The van der Waals surface area contributed by atoms with E-state index in [9.17, 15) is 4.79 Å². The van der Waals surface area contributed by atoms with Gasteiger partial charge in [-0.15, -0.1) is 11.3 Å². The van der Waals surface area contributed by atoms with E-state index >= 15 is 0 Å². The van der Waals surface area contributed by atoms with Crippen LogP contribution in [0.1, 0.15) is 38.3 Å². The fraction of sp³-hybridized carbons (Fsp3) is 0.200. The number of fused-ring (bicyclic) bond motifs is 1. The van der Waals surface area contributed by atoms with Crippen LogP contribution in [0.2, 0.25) is 5.02 Å². The number of nitrogens with one attached hydrogen (secondary N) is 1. The van der Waals surface area contributed by atoms with Gasteiger partial charge in [-0.05, 0) is 71.7 Å². The fourth-order valence-electron chi connectivity index (χ4n) is 3.87. The van der Waals surface area contributed by atoms with E-state index in [1.165, 1.54) is 35.3 Å². The third-order valence-corrected chi connectivity index (χ3v) is 6.68. The third-order valence-electron chi connectivity index (χ3n) is 5.51. The number of hydrogen-bond donors (Lipinski definition) is 1. The largest absolute Gasteiger partial charge is 0.489 e. The highest BCUT2D eigenvalue weighted by atomic mass is 35.5. The number of hydrogen-bond acceptors (Lipinski definition) is 4. The molecule has 1 N–H and O–H groups in total. The van der Waals surface area contributed by atoms with Gasteiger partial charge in [-0.25, -0.2) is 0 Å². The maximum absolute atomic E-state index is 12.6. The SMILES string of the molecule is O=C(Nc1ccc(Cn2cc(Cl)cn2)cc1)c1cc(COc2ccc3c(c2)CCC3)cs1. The van der Waals surface area contributed by atoms with Crippen LogP contribution in [0, 0.1) is 0 Å². The van der Waals surface area contributed by atoms with Crippen molar-refractivity contribution in [3.63, 3.8) is 0 Å². The van der Waals surface area contributed by atoms with E-state index in [1.54, 1.807) is 17.1 Å². The monoisotopic (exact) mass is 463 g/mol. The molecule has 2 aromatic heterocycles. The van der Waals surface area contributed by atoms with Crippen LogP contribution in [-0.4, -0.2) is 15.7 Å². The molecule has 0 radical (unpaired) electrons. The molecule has 1 aliphatic rings. The summed E-state index contributed by atoms with van der Waals surface area (Å²) in [5.74, 6) is 0.769. The number of carbonyl (C=O) groups excluding carboxylic acids is 1. The van der Waals surface area contributed by atoms with Crippen molar-refractivity contribution in [2.45, 2.75) is 32.4 Å². The molecule has 0 aliphatic heterocycles. The first-order valence-electron chi connectivity index (χ1n) is 10.5. The van der Waals surface area contributed by atoms with Gasteiger partial charge in [-0.3, -0.25) is 9.48 Å². The molecule has 0 saturated carbocycles. The maximum Gasteiger partial charge on any atom is 0.265 e. The lowest BCUT2D eigenvalue weighted by molar-refractivity contribution is 0.103. The predicted octanol–water partition coefficient (Wildman–Crippen LogP) is 5.97. The first-order valence-corrected chi connectivity index (χ1v) is 11.8. The van der Waals surface area contributed by atoms with Crippen LogP contribution in [0.4, 0.5) is 5.69 Å². The molecule has 0 atom stereocenters. The van der Waals surface area contributed by atoms with E-state index in [0.29, 0.717) is 23.1 Å². The Morgan fingerprint density at radius 3 is 2.75 bits per heavy atom. The van der Waals surface area contributed by atoms with Crippen LogP contribution >= 0.6 is 22.9 Å². The number of aryl methyl sites for hydroxylation is 2. The Morgan fingerprint density at radius 1 is 1.09 bits per heavy atom. The van der Waals surface area contributed by atoms with Crippen LogP contribution in [0.25, 0.3) is 0 Å². The van der Waals surface area contributed by atoms with Crippen molar-refractivity contribution in [3.8, 4) is 5.75 Å². The highest BCUT2D eigenvalue weighted by Gasteiger charge is 2.13. The molecule has 7 heteroatoms. The Kier molecular flexibility index (Phi) is 5.97. The van der Waals surface area contributed by atoms with E-state index in [-0.39, 0.29) is 5.91 Å². The average molecular weight is 464 g/mol. The van der Waals surface area contributed by atoms with Crippen molar-refractivity contribution in [1.29, 1.82) is 0 Å². The molecule has 32 heavy (non-hydrogen) atoms. The molecule has 0 fully saturated rings. The van der Waals surface area contributed by atoms with Gasteiger partial charge in [0.1, 0.15) is 12.4 Å². The van der Waals surface area contributed by atoms with Crippen molar-refractivity contribution in [2.24, 2.45) is 0 Å². The van der Waals surface area contributed by atoms with Gasteiger partial charge in [0, 0.05) is 17.4 Å². The van der Waals surface area contributed by atoms with Crippen LogP contribution in [0.15, 0.2) is 66.3 Å². The van der Waals surface area contributed by atoms with Crippen molar-refractivity contribution >= 4 is 34.5 Å². The van der Waals surface area contributed by atoms with Gasteiger partial charge in [0.15, 0.2) is 0 Å². The molecule has 5 nitrogen and oxygen atoms in total. The normalized spacial score (nSPS) is 12.5. The highest BCUT2D eigenvalue weighted by Crippen LogP contribution is 2.27. The standard InChI is InChI=1S/C25H22ClN3O2S/c26-21-12-27-29(14-21)13-17-4-7-22(8-5-17)28-25(30)24-10-18(16-32-24)15-31-23-9-6-19-2-1-3-20(19)11-23/h4-12,14,16H,1-3,13,15H2,(H,28,30). The lowest BCUT2D eigenvalue weighted by atomic mass is 10.1. The van der Waals surface area contributed by atoms with Crippen LogP contribution in [-0.2, 0) is 26.0 Å². The van der Waals surface area contributed by atoms with Crippen molar-refractivity contribution < 1.29 is 9.53 Å². The molecule has 2 heterocycles. The number of anilines is 1. The second-order valence-electron chi connectivity index (χ2n) is 7.90. The van der Waals surface area contributed by atoms with E-state index in [0.717, 1.165) is 29.0 Å². The topological polar surface area (TPSA) is 56.2 Å². The summed E-state index contributed by atoms with van der Waals surface area (Å²) >= 11 is 7.33. The van der Waals surface area contributed by atoms with Gasteiger partial charge in [-0.1, -0.05) is 29.8 Å². The van der Waals surface area contributed by atoms with Crippen LogP contribution in [0.5, 0.6) is 5.75 Å². The molecule has 1 amide bonds. The van der Waals surface area contributed by atoms with E-state index in [2.05, 4.69) is 22.5 Å². The molecule has 0 spiro atoms. The number of halogens is 1. The number of ether oxygens (including phenoxy) is 1. The molecule has 0 saturated heterocycles. The number of rotatable bonds is 7. The lowest BCUT2D eigenvalue weighted by Gasteiger charge is -2.07. The zero-order valence-corrected chi connectivity index (χ0v) is 19.0. The number of aromatic nitrogens is 2. The minimum absolute atomic E-state index is 0.120. The summed E-state index contributed by atoms with van der Waals surface area (Å²) in [6, 6.07) is 16.0. The van der Waals surface area contributed by atoms with Crippen molar-refractivity contribution in [3.05, 3.63) is 98.5 Å². The molecule has 2 aromatic carbocycles. The first-order chi connectivity index (χ1) is 15.6. The van der Waals surface area contributed by atoms with Crippen LogP contribution < -0.4 is 10.1 Å². The minimum Gasteiger partial charge on any atom is -0.489 e. The number of benzene rings is 2. The third kappa shape index (κ3) is 4.87. The summed E-state index contributed by atoms with van der Waals surface area (Å²) in [7, 11) is 0. The molecule has 162 valence electrons. The molecule has 0 bridgehead atoms. The number of carbonyl (C=O) groups is 1. The molecule has 5 rings (SSSR count). The van der Waals surface area contributed by atoms with E-state index < -0.39 is 0 Å². The first kappa shape index (κ1) is 20.8. The Balaban J connectivity index is 1.16. The summed E-state index contributed by atoms with van der Waals surface area (Å²) in [6.45, 7) is 1.08. The summed E-state index contributed by atoms with van der Waals surface area (Å²) in [4.78, 5) is 13.3. The highest BCUT2D eigenvalue weighted by molar-refractivity contribution is 7.12. The number of nitrogens with zero attached hydrogens (tertiary/aromatic N) is 2. The lowest BCUT2D eigenvalue weighted by Crippen LogP contribution is -2.10. The summed E-state index contributed by atoms with van der Waals surface area (Å²) in [5.41, 5.74) is 5.65. The summed E-state index contributed by atoms with van der Waals surface area (Å²) < 4.78 is 7.72. The Bertz CT molecular complexity index is 1250. The van der Waals surface area contributed by atoms with Crippen molar-refractivity contribution in [2.75, 3.05) is 5.32 Å². The Morgan fingerprint density at radius 2 is 1.94 bits per heavy atom. The molecule has 0 unspecified atom stereocenters. The number of amides is 1. The smallest absolute Gasteiger partial charge is 0.265 e. The zero-order chi connectivity index (χ0) is 21.9. The van der Waals surface area contributed by atoms with Gasteiger partial charge in [0.25, 0.3) is 5.91 Å². The molecule has 1 aliphatic carbocycles. The predicted molar refractivity (Wildman–Crippen MR) is 128 cm³/mol. The van der Waals surface area contributed by atoms with Crippen LogP contribution in [0.3, 0.4) is 0 Å². The Hall–Kier alpha value is -3.09. The maximum atomic E-state index is 12.6. The minimum atomic E-state index is -0.120. The van der Waals surface area contributed by atoms with Gasteiger partial charge >= 0.3 is 0 Å².